The number of rotatable bonds is 1. The number of nitriles is 1. The molecule has 0 saturated carbocycles. The van der Waals surface area contributed by atoms with Crippen LogP contribution in [0.2, 0.25) is 0 Å². The molecule has 0 bridgehead atoms. The van der Waals surface area contributed by atoms with Gasteiger partial charge in [0.1, 0.15) is 5.69 Å². The Bertz CT molecular complexity index is 318. The van der Waals surface area contributed by atoms with Crippen molar-refractivity contribution in [1.82, 2.24) is 0 Å². The Labute approximate surface area is 68.4 Å². The van der Waals surface area contributed by atoms with E-state index in [2.05, 4.69) is 5.32 Å². The Morgan fingerprint density at radius 2 is 1.83 bits per heavy atom. The number of nitrogens with one attached hydrogen (secondary N) is 1. The smallest absolute Gasteiger partial charge is 0.150 e. The lowest BCUT2D eigenvalue weighted by Crippen LogP contribution is -1.97. The second-order valence-corrected chi connectivity index (χ2v) is 2.18. The van der Waals surface area contributed by atoms with Gasteiger partial charge in [-0.15, -0.1) is 0 Å². The fourth-order valence-electron chi connectivity index (χ4n) is 0.877. The minimum atomic E-state index is -0.756. The van der Waals surface area contributed by atoms with Crippen LogP contribution >= 0.6 is 0 Å². The molecular weight excluding hydrogens is 162 g/mol. The molecule has 1 aromatic rings. The van der Waals surface area contributed by atoms with E-state index in [-0.39, 0.29) is 11.3 Å². The van der Waals surface area contributed by atoms with E-state index in [1.165, 1.54) is 7.05 Å². The van der Waals surface area contributed by atoms with Gasteiger partial charge in [-0.25, -0.2) is 8.78 Å². The highest BCUT2D eigenvalue weighted by molar-refractivity contribution is 5.49. The van der Waals surface area contributed by atoms with E-state index in [1.54, 1.807) is 6.07 Å². The maximum absolute atomic E-state index is 12.8. The molecule has 1 aromatic carbocycles. The first-order valence-electron chi connectivity index (χ1n) is 3.26. The summed E-state index contributed by atoms with van der Waals surface area (Å²) < 4.78 is 25.7. The molecule has 0 atom stereocenters. The second-order valence-electron chi connectivity index (χ2n) is 2.18. The quantitative estimate of drug-likeness (QED) is 0.694. The van der Waals surface area contributed by atoms with Crippen molar-refractivity contribution in [3.63, 3.8) is 0 Å². The highest BCUT2D eigenvalue weighted by Crippen LogP contribution is 2.19. The van der Waals surface area contributed by atoms with E-state index in [0.29, 0.717) is 0 Å². The molecule has 1 rings (SSSR count). The van der Waals surface area contributed by atoms with Crippen molar-refractivity contribution >= 4 is 5.69 Å². The van der Waals surface area contributed by atoms with Crippen molar-refractivity contribution in [3.05, 3.63) is 29.3 Å². The summed E-state index contributed by atoms with van der Waals surface area (Å²) in [6.45, 7) is 0. The number of halogens is 2. The van der Waals surface area contributed by atoms with E-state index in [4.69, 9.17) is 5.26 Å². The molecule has 2 nitrogen and oxygen atoms in total. The molecule has 0 radical (unpaired) electrons. The summed E-state index contributed by atoms with van der Waals surface area (Å²) in [5, 5.41) is 10.7. The zero-order valence-corrected chi connectivity index (χ0v) is 6.36. The molecule has 0 aliphatic carbocycles. The van der Waals surface area contributed by atoms with Crippen LogP contribution in [-0.2, 0) is 0 Å². The van der Waals surface area contributed by atoms with Gasteiger partial charge >= 0.3 is 0 Å². The first-order valence-corrected chi connectivity index (χ1v) is 3.26. The Kier molecular flexibility index (Phi) is 2.24. The molecule has 0 unspecified atom stereocenters. The molecule has 0 amide bonds. The first kappa shape index (κ1) is 8.47. The first-order chi connectivity index (χ1) is 5.69. The molecule has 4 heteroatoms. The van der Waals surface area contributed by atoms with Gasteiger partial charge in [0.2, 0.25) is 0 Å². The van der Waals surface area contributed by atoms with Crippen molar-refractivity contribution in [3.8, 4) is 6.07 Å². The standard InChI is InChI=1S/C8H6F2N2/c1-12-8-6(9)2-5(4-11)3-7(8)10/h2-3,12H,1H3. The van der Waals surface area contributed by atoms with Gasteiger partial charge in [0, 0.05) is 7.05 Å². The van der Waals surface area contributed by atoms with Gasteiger partial charge in [-0.2, -0.15) is 5.26 Å². The fourth-order valence-corrected chi connectivity index (χ4v) is 0.877. The minimum Gasteiger partial charge on any atom is -0.383 e. The lowest BCUT2D eigenvalue weighted by molar-refractivity contribution is 0.589. The van der Waals surface area contributed by atoms with E-state index < -0.39 is 11.6 Å². The third-order valence-electron chi connectivity index (χ3n) is 1.42. The van der Waals surface area contributed by atoms with Gasteiger partial charge in [0.25, 0.3) is 0 Å². The number of hydrogen-bond acceptors (Lipinski definition) is 2. The number of anilines is 1. The van der Waals surface area contributed by atoms with Crippen LogP contribution in [-0.4, -0.2) is 7.05 Å². The van der Waals surface area contributed by atoms with Crippen molar-refractivity contribution < 1.29 is 8.78 Å². The number of benzene rings is 1. The third kappa shape index (κ3) is 1.35. The Balaban J connectivity index is 3.30. The van der Waals surface area contributed by atoms with Crippen LogP contribution in [0.4, 0.5) is 14.5 Å². The lowest BCUT2D eigenvalue weighted by Gasteiger charge is -2.02. The van der Waals surface area contributed by atoms with Gasteiger partial charge in [-0.05, 0) is 12.1 Å². The van der Waals surface area contributed by atoms with Crippen molar-refractivity contribution in [2.24, 2.45) is 0 Å². The SMILES string of the molecule is CNc1c(F)cc(C#N)cc1F. The Morgan fingerprint density at radius 1 is 1.33 bits per heavy atom. The van der Waals surface area contributed by atoms with Crippen LogP contribution in [0.15, 0.2) is 12.1 Å². The Hall–Kier alpha value is -1.63. The summed E-state index contributed by atoms with van der Waals surface area (Å²) in [6.07, 6.45) is 0. The molecule has 0 aliphatic rings. The lowest BCUT2D eigenvalue weighted by atomic mass is 10.2. The normalized spacial score (nSPS) is 9.17. The summed E-state index contributed by atoms with van der Waals surface area (Å²) in [7, 11) is 1.41. The van der Waals surface area contributed by atoms with Crippen molar-refractivity contribution in [2.75, 3.05) is 12.4 Å². The monoisotopic (exact) mass is 168 g/mol. The Morgan fingerprint density at radius 3 is 2.17 bits per heavy atom. The molecule has 0 saturated heterocycles. The predicted octanol–water partition coefficient (Wildman–Crippen LogP) is 1.88. The second kappa shape index (κ2) is 3.18. The van der Waals surface area contributed by atoms with Crippen LogP contribution in [0.1, 0.15) is 5.56 Å². The summed E-state index contributed by atoms with van der Waals surface area (Å²) in [4.78, 5) is 0. The largest absolute Gasteiger partial charge is 0.383 e. The van der Waals surface area contributed by atoms with Crippen molar-refractivity contribution in [2.45, 2.75) is 0 Å². The van der Waals surface area contributed by atoms with E-state index in [1.807, 2.05) is 0 Å². The molecule has 0 fully saturated rings. The number of nitrogens with zero attached hydrogens (tertiary/aromatic N) is 1. The highest BCUT2D eigenvalue weighted by atomic mass is 19.1. The van der Waals surface area contributed by atoms with E-state index in [0.717, 1.165) is 12.1 Å². The van der Waals surface area contributed by atoms with Gasteiger partial charge in [-0.3, -0.25) is 0 Å². The molecule has 1 N–H and O–H groups in total. The minimum absolute atomic E-state index is 0.0241. The van der Waals surface area contributed by atoms with Crippen LogP contribution in [0.25, 0.3) is 0 Å². The summed E-state index contributed by atoms with van der Waals surface area (Å²) >= 11 is 0. The molecule has 12 heavy (non-hydrogen) atoms. The fraction of sp³-hybridized carbons (Fsp3) is 0.125. The van der Waals surface area contributed by atoms with Gasteiger partial charge in [0.15, 0.2) is 11.6 Å². The summed E-state index contributed by atoms with van der Waals surface area (Å²) in [5.41, 5.74) is -0.238. The highest BCUT2D eigenvalue weighted by Gasteiger charge is 2.08. The molecule has 0 aliphatic heterocycles. The van der Waals surface area contributed by atoms with Gasteiger partial charge in [-0.1, -0.05) is 0 Å². The molecule has 0 aromatic heterocycles. The van der Waals surface area contributed by atoms with Gasteiger partial charge in [0.05, 0.1) is 11.6 Å². The van der Waals surface area contributed by atoms with Crippen LogP contribution in [0, 0.1) is 23.0 Å². The molecule has 0 heterocycles. The topological polar surface area (TPSA) is 35.8 Å². The summed E-state index contributed by atoms with van der Waals surface area (Å²) in [6, 6.07) is 3.61. The average Bonchev–Trinajstić information content (AvgIpc) is 2.03. The third-order valence-corrected chi connectivity index (χ3v) is 1.42. The van der Waals surface area contributed by atoms with Crippen molar-refractivity contribution in [1.29, 1.82) is 5.26 Å². The predicted molar refractivity (Wildman–Crippen MR) is 40.6 cm³/mol. The van der Waals surface area contributed by atoms with E-state index >= 15 is 0 Å². The van der Waals surface area contributed by atoms with E-state index in [9.17, 15) is 8.78 Å². The average molecular weight is 168 g/mol. The van der Waals surface area contributed by atoms with Crippen LogP contribution in [0.3, 0.4) is 0 Å². The van der Waals surface area contributed by atoms with Crippen LogP contribution < -0.4 is 5.32 Å². The van der Waals surface area contributed by atoms with Crippen LogP contribution in [0.5, 0.6) is 0 Å². The zero-order chi connectivity index (χ0) is 9.14. The molecular formula is C8H6F2N2. The molecule has 0 spiro atoms. The maximum Gasteiger partial charge on any atom is 0.150 e. The number of hydrogen-bond donors (Lipinski definition) is 1. The zero-order valence-electron chi connectivity index (χ0n) is 6.36. The summed E-state index contributed by atoms with van der Waals surface area (Å²) in [5.74, 6) is -1.51. The molecule has 62 valence electrons. The van der Waals surface area contributed by atoms with Gasteiger partial charge < -0.3 is 5.32 Å². The maximum atomic E-state index is 12.8.